The monoisotopic (exact) mass is 287 g/mol. The Morgan fingerprint density at radius 1 is 1.32 bits per heavy atom. The Morgan fingerprint density at radius 3 is 2.95 bits per heavy atom. The molecule has 3 fully saturated rings. The predicted molar refractivity (Wildman–Crippen MR) is 76.8 cm³/mol. The molecule has 3 rings (SSSR count). The van der Waals surface area contributed by atoms with Gasteiger partial charge in [-0.05, 0) is 25.8 Å². The molecule has 0 aliphatic carbocycles. The first kappa shape index (κ1) is 14.1. The van der Waals surface area contributed by atoms with Gasteiger partial charge in [0.05, 0.1) is 24.9 Å². The largest absolute Gasteiger partial charge is 0.378 e. The van der Waals surface area contributed by atoms with Crippen molar-refractivity contribution in [3.63, 3.8) is 0 Å². The second-order valence-electron chi connectivity index (χ2n) is 5.89. The van der Waals surface area contributed by atoms with Crippen molar-refractivity contribution in [1.82, 2.24) is 5.32 Å². The first-order valence-corrected chi connectivity index (χ1v) is 8.57. The van der Waals surface area contributed by atoms with Gasteiger partial charge in [0, 0.05) is 37.2 Å². The van der Waals surface area contributed by atoms with Gasteiger partial charge < -0.3 is 19.5 Å². The summed E-state index contributed by atoms with van der Waals surface area (Å²) in [5, 5.41) is 3.51. The third-order valence-electron chi connectivity index (χ3n) is 4.68. The van der Waals surface area contributed by atoms with Crippen LogP contribution >= 0.6 is 11.8 Å². The van der Waals surface area contributed by atoms with E-state index >= 15 is 0 Å². The Bertz CT molecular complexity index is 290. The first-order valence-electron chi connectivity index (χ1n) is 7.41. The van der Waals surface area contributed by atoms with E-state index in [4.69, 9.17) is 14.2 Å². The van der Waals surface area contributed by atoms with Gasteiger partial charge in [-0.2, -0.15) is 11.8 Å². The lowest BCUT2D eigenvalue weighted by Crippen LogP contribution is -2.53. The number of thioether (sulfide) groups is 1. The lowest BCUT2D eigenvalue weighted by Gasteiger charge is -2.43. The summed E-state index contributed by atoms with van der Waals surface area (Å²) < 4.78 is 17.6. The Hall–Kier alpha value is 0.190. The lowest BCUT2D eigenvalue weighted by molar-refractivity contribution is -0.111. The van der Waals surface area contributed by atoms with Crippen LogP contribution in [0.4, 0.5) is 0 Å². The van der Waals surface area contributed by atoms with Crippen molar-refractivity contribution in [1.29, 1.82) is 0 Å². The zero-order valence-electron chi connectivity index (χ0n) is 11.7. The van der Waals surface area contributed by atoms with Crippen LogP contribution in [-0.4, -0.2) is 62.7 Å². The molecule has 0 saturated carbocycles. The molecule has 3 heterocycles. The van der Waals surface area contributed by atoms with E-state index in [-0.39, 0.29) is 5.60 Å². The number of hydrogen-bond donors (Lipinski definition) is 1. The molecular weight excluding hydrogens is 262 g/mol. The van der Waals surface area contributed by atoms with Crippen LogP contribution in [0, 0.1) is 5.92 Å². The Kier molecular flexibility index (Phi) is 4.70. The van der Waals surface area contributed by atoms with E-state index in [9.17, 15) is 0 Å². The molecule has 0 aromatic carbocycles. The minimum Gasteiger partial charge on any atom is -0.378 e. The summed E-state index contributed by atoms with van der Waals surface area (Å²) in [7, 11) is 2.07. The minimum absolute atomic E-state index is 0.000172. The molecule has 19 heavy (non-hydrogen) atoms. The highest BCUT2D eigenvalue weighted by molar-refractivity contribution is 7.99. The molecule has 3 saturated heterocycles. The summed E-state index contributed by atoms with van der Waals surface area (Å²) in [5.41, 5.74) is -0.000172. The summed E-state index contributed by atoms with van der Waals surface area (Å²) in [6.45, 7) is 3.39. The number of ether oxygens (including phenoxy) is 3. The molecular formula is C14H25NO3S. The SMILES string of the molecule is CNC(C1CCOC2(CCOC2)C1)C1CSCCO1. The molecule has 0 amide bonds. The molecule has 4 atom stereocenters. The Morgan fingerprint density at radius 2 is 2.26 bits per heavy atom. The molecule has 0 aromatic rings. The van der Waals surface area contributed by atoms with E-state index in [1.165, 1.54) is 0 Å². The van der Waals surface area contributed by atoms with Gasteiger partial charge in [0.15, 0.2) is 0 Å². The second kappa shape index (κ2) is 6.31. The number of hydrogen-bond acceptors (Lipinski definition) is 5. The van der Waals surface area contributed by atoms with Crippen LogP contribution in [0.5, 0.6) is 0 Å². The van der Waals surface area contributed by atoms with Gasteiger partial charge in [0.25, 0.3) is 0 Å². The predicted octanol–water partition coefficient (Wildman–Crippen LogP) is 1.29. The summed E-state index contributed by atoms with van der Waals surface area (Å²) in [6.07, 6.45) is 3.66. The van der Waals surface area contributed by atoms with Crippen LogP contribution in [0.3, 0.4) is 0 Å². The van der Waals surface area contributed by atoms with E-state index < -0.39 is 0 Å². The average molecular weight is 287 g/mol. The lowest BCUT2D eigenvalue weighted by atomic mass is 9.79. The van der Waals surface area contributed by atoms with Crippen LogP contribution < -0.4 is 5.32 Å². The fraction of sp³-hybridized carbons (Fsp3) is 1.00. The molecule has 0 bridgehead atoms. The molecule has 1 N–H and O–H groups in total. The third kappa shape index (κ3) is 3.10. The highest BCUT2D eigenvalue weighted by atomic mass is 32.2. The molecule has 4 nitrogen and oxygen atoms in total. The fourth-order valence-corrected chi connectivity index (χ4v) is 4.59. The standard InChI is InChI=1S/C14H25NO3S/c1-15-13(12-9-19-7-6-17-12)11-2-4-18-14(8-11)3-5-16-10-14/h11-13,15H,2-10H2,1H3. The van der Waals surface area contributed by atoms with Crippen LogP contribution in [0.1, 0.15) is 19.3 Å². The van der Waals surface area contributed by atoms with Crippen LogP contribution in [0.25, 0.3) is 0 Å². The van der Waals surface area contributed by atoms with E-state index in [1.54, 1.807) is 0 Å². The zero-order valence-corrected chi connectivity index (χ0v) is 12.5. The van der Waals surface area contributed by atoms with E-state index in [0.717, 1.165) is 57.2 Å². The van der Waals surface area contributed by atoms with Gasteiger partial charge >= 0.3 is 0 Å². The van der Waals surface area contributed by atoms with Gasteiger partial charge in [-0.25, -0.2) is 0 Å². The molecule has 110 valence electrons. The van der Waals surface area contributed by atoms with Gasteiger partial charge in [0.1, 0.15) is 0 Å². The Balaban J connectivity index is 1.64. The normalized spacial score (nSPS) is 41.5. The Labute approximate surface area is 119 Å². The van der Waals surface area contributed by atoms with Crippen LogP contribution in [0.15, 0.2) is 0 Å². The second-order valence-corrected chi connectivity index (χ2v) is 7.04. The molecule has 5 heteroatoms. The van der Waals surface area contributed by atoms with Crippen molar-refractivity contribution < 1.29 is 14.2 Å². The van der Waals surface area contributed by atoms with Crippen molar-refractivity contribution in [2.24, 2.45) is 5.92 Å². The molecule has 4 unspecified atom stereocenters. The average Bonchev–Trinajstić information content (AvgIpc) is 2.89. The van der Waals surface area contributed by atoms with E-state index in [1.807, 2.05) is 11.8 Å². The number of nitrogens with one attached hydrogen (secondary N) is 1. The first-order chi connectivity index (χ1) is 9.33. The number of likely N-dealkylation sites (N-methyl/N-ethyl adjacent to an activating group) is 1. The maximum absolute atomic E-state index is 6.04. The van der Waals surface area contributed by atoms with E-state index in [0.29, 0.717) is 18.1 Å². The maximum Gasteiger partial charge on any atom is 0.0939 e. The fourth-order valence-electron chi connectivity index (χ4n) is 3.67. The zero-order chi connectivity index (χ0) is 13.1. The highest BCUT2D eigenvalue weighted by Gasteiger charge is 2.44. The molecule has 3 aliphatic rings. The van der Waals surface area contributed by atoms with Crippen molar-refractivity contribution in [3.8, 4) is 0 Å². The third-order valence-corrected chi connectivity index (χ3v) is 5.70. The van der Waals surface area contributed by atoms with Crippen LogP contribution in [0.2, 0.25) is 0 Å². The van der Waals surface area contributed by atoms with Gasteiger partial charge in [0.2, 0.25) is 0 Å². The summed E-state index contributed by atoms with van der Waals surface area (Å²) in [6, 6.07) is 0.453. The minimum atomic E-state index is -0.000172. The molecule has 0 radical (unpaired) electrons. The van der Waals surface area contributed by atoms with Gasteiger partial charge in [-0.3, -0.25) is 0 Å². The van der Waals surface area contributed by atoms with E-state index in [2.05, 4.69) is 12.4 Å². The highest BCUT2D eigenvalue weighted by Crippen LogP contribution is 2.38. The van der Waals surface area contributed by atoms with Crippen LogP contribution in [-0.2, 0) is 14.2 Å². The number of rotatable bonds is 3. The summed E-state index contributed by atoms with van der Waals surface area (Å²) in [4.78, 5) is 0. The maximum atomic E-state index is 6.04. The van der Waals surface area contributed by atoms with Crippen molar-refractivity contribution in [2.75, 3.05) is 45.0 Å². The summed E-state index contributed by atoms with van der Waals surface area (Å²) >= 11 is 2.01. The molecule has 1 spiro atoms. The summed E-state index contributed by atoms with van der Waals surface area (Å²) in [5.74, 6) is 2.90. The topological polar surface area (TPSA) is 39.7 Å². The van der Waals surface area contributed by atoms with Crippen molar-refractivity contribution in [2.45, 2.75) is 37.0 Å². The van der Waals surface area contributed by atoms with Gasteiger partial charge in [-0.15, -0.1) is 0 Å². The molecule has 0 aromatic heterocycles. The quantitative estimate of drug-likeness (QED) is 0.847. The molecule has 3 aliphatic heterocycles. The van der Waals surface area contributed by atoms with Crippen molar-refractivity contribution in [3.05, 3.63) is 0 Å². The smallest absolute Gasteiger partial charge is 0.0939 e. The van der Waals surface area contributed by atoms with Gasteiger partial charge in [-0.1, -0.05) is 0 Å². The van der Waals surface area contributed by atoms with Crippen molar-refractivity contribution >= 4 is 11.8 Å².